The molecule has 4 heteroatoms. The fraction of sp³-hybridized carbons (Fsp3) is 0.562. The summed E-state index contributed by atoms with van der Waals surface area (Å²) in [5.41, 5.74) is 2.04. The lowest BCUT2D eigenvalue weighted by Gasteiger charge is -2.22. The first kappa shape index (κ1) is 13.6. The van der Waals surface area contributed by atoms with Crippen LogP contribution in [0.25, 0.3) is 0 Å². The van der Waals surface area contributed by atoms with Crippen molar-refractivity contribution in [2.75, 3.05) is 13.1 Å². The Morgan fingerprint density at radius 1 is 1.25 bits per heavy atom. The summed E-state index contributed by atoms with van der Waals surface area (Å²) in [5, 5.41) is 12.6. The number of carboxylic acid groups (broad SMARTS) is 1. The summed E-state index contributed by atoms with van der Waals surface area (Å²) in [6, 6.07) is 9.11. The van der Waals surface area contributed by atoms with Crippen molar-refractivity contribution < 1.29 is 9.90 Å². The van der Waals surface area contributed by atoms with Gasteiger partial charge in [0, 0.05) is 25.2 Å². The van der Waals surface area contributed by atoms with Gasteiger partial charge in [-0.1, -0.05) is 24.3 Å². The second-order valence-corrected chi connectivity index (χ2v) is 5.86. The van der Waals surface area contributed by atoms with E-state index in [0.717, 1.165) is 17.7 Å². The van der Waals surface area contributed by atoms with Crippen molar-refractivity contribution in [2.24, 2.45) is 0 Å². The van der Waals surface area contributed by atoms with Gasteiger partial charge in [0.1, 0.15) is 0 Å². The minimum Gasteiger partial charge on any atom is -0.481 e. The molecule has 0 amide bonds. The van der Waals surface area contributed by atoms with Crippen LogP contribution in [-0.4, -0.2) is 41.1 Å². The van der Waals surface area contributed by atoms with Crippen LogP contribution in [0.1, 0.15) is 30.4 Å². The fourth-order valence-electron chi connectivity index (χ4n) is 3.63. The monoisotopic (exact) mass is 274 g/mol. The quantitative estimate of drug-likeness (QED) is 0.857. The molecule has 2 atom stereocenters. The SMILES string of the molecule is O=C(O)Cc1ccccc1CNC1CCN2CCCC12. The van der Waals surface area contributed by atoms with Crippen molar-refractivity contribution in [3.63, 3.8) is 0 Å². The number of rotatable bonds is 5. The van der Waals surface area contributed by atoms with E-state index in [0.29, 0.717) is 12.1 Å². The topological polar surface area (TPSA) is 52.6 Å². The highest BCUT2D eigenvalue weighted by atomic mass is 16.4. The number of carboxylic acids is 1. The molecule has 2 aliphatic rings. The van der Waals surface area contributed by atoms with E-state index < -0.39 is 5.97 Å². The second kappa shape index (κ2) is 5.94. The number of nitrogens with one attached hydrogen (secondary N) is 1. The van der Waals surface area contributed by atoms with Crippen molar-refractivity contribution in [3.05, 3.63) is 35.4 Å². The molecule has 3 rings (SSSR count). The van der Waals surface area contributed by atoms with Crippen LogP contribution in [0.15, 0.2) is 24.3 Å². The predicted octanol–water partition coefficient (Wildman–Crippen LogP) is 1.64. The predicted molar refractivity (Wildman–Crippen MR) is 77.6 cm³/mol. The molecule has 0 spiro atoms. The molecular weight excluding hydrogens is 252 g/mol. The zero-order valence-electron chi connectivity index (χ0n) is 11.7. The van der Waals surface area contributed by atoms with Gasteiger partial charge in [0.15, 0.2) is 0 Å². The number of fused-ring (bicyclic) bond motifs is 1. The van der Waals surface area contributed by atoms with Gasteiger partial charge in [-0.25, -0.2) is 0 Å². The molecule has 2 saturated heterocycles. The average Bonchev–Trinajstić information content (AvgIpc) is 3.00. The van der Waals surface area contributed by atoms with Gasteiger partial charge in [0.25, 0.3) is 0 Å². The van der Waals surface area contributed by atoms with Crippen LogP contribution in [0.5, 0.6) is 0 Å². The summed E-state index contributed by atoms with van der Waals surface area (Å²) in [7, 11) is 0. The molecule has 2 N–H and O–H groups in total. The van der Waals surface area contributed by atoms with Gasteiger partial charge in [0.05, 0.1) is 6.42 Å². The lowest BCUT2D eigenvalue weighted by Crippen LogP contribution is -2.38. The first-order valence-electron chi connectivity index (χ1n) is 7.50. The van der Waals surface area contributed by atoms with Crippen LogP contribution in [0.4, 0.5) is 0 Å². The Morgan fingerprint density at radius 3 is 2.85 bits per heavy atom. The van der Waals surface area contributed by atoms with Gasteiger partial charge in [-0.15, -0.1) is 0 Å². The van der Waals surface area contributed by atoms with Crippen LogP contribution in [0, 0.1) is 0 Å². The summed E-state index contributed by atoms with van der Waals surface area (Å²) in [5.74, 6) is -0.764. The second-order valence-electron chi connectivity index (χ2n) is 5.86. The Balaban J connectivity index is 1.62. The molecule has 20 heavy (non-hydrogen) atoms. The van der Waals surface area contributed by atoms with Crippen molar-refractivity contribution in [1.82, 2.24) is 10.2 Å². The fourth-order valence-corrected chi connectivity index (χ4v) is 3.63. The van der Waals surface area contributed by atoms with E-state index in [1.807, 2.05) is 24.3 Å². The zero-order chi connectivity index (χ0) is 13.9. The molecule has 0 bridgehead atoms. The molecule has 2 aliphatic heterocycles. The average molecular weight is 274 g/mol. The highest BCUT2D eigenvalue weighted by molar-refractivity contribution is 5.70. The smallest absolute Gasteiger partial charge is 0.307 e. The van der Waals surface area contributed by atoms with Gasteiger partial charge in [-0.05, 0) is 36.9 Å². The summed E-state index contributed by atoms with van der Waals surface area (Å²) < 4.78 is 0. The maximum Gasteiger partial charge on any atom is 0.307 e. The molecule has 1 aromatic carbocycles. The van der Waals surface area contributed by atoms with Crippen LogP contribution in [0.3, 0.4) is 0 Å². The number of hydrogen-bond donors (Lipinski definition) is 2. The summed E-state index contributed by atoms with van der Waals surface area (Å²) >= 11 is 0. The Bertz CT molecular complexity index is 489. The van der Waals surface area contributed by atoms with Gasteiger partial charge < -0.3 is 10.4 Å². The molecule has 4 nitrogen and oxygen atoms in total. The molecule has 0 aliphatic carbocycles. The molecule has 108 valence electrons. The minimum absolute atomic E-state index is 0.109. The lowest BCUT2D eigenvalue weighted by atomic mass is 10.0. The lowest BCUT2D eigenvalue weighted by molar-refractivity contribution is -0.136. The van der Waals surface area contributed by atoms with E-state index >= 15 is 0 Å². The van der Waals surface area contributed by atoms with E-state index in [1.54, 1.807) is 0 Å². The van der Waals surface area contributed by atoms with Gasteiger partial charge in [-0.2, -0.15) is 0 Å². The van der Waals surface area contributed by atoms with Crippen LogP contribution in [-0.2, 0) is 17.8 Å². The largest absolute Gasteiger partial charge is 0.481 e. The third-order valence-electron chi connectivity index (χ3n) is 4.62. The molecule has 2 fully saturated rings. The van der Waals surface area contributed by atoms with E-state index in [9.17, 15) is 4.79 Å². The molecular formula is C16H22N2O2. The number of nitrogens with zero attached hydrogens (tertiary/aromatic N) is 1. The van der Waals surface area contributed by atoms with E-state index in [1.165, 1.54) is 32.4 Å². The summed E-state index contributed by atoms with van der Waals surface area (Å²) in [6.45, 7) is 3.23. The van der Waals surface area contributed by atoms with E-state index in [4.69, 9.17) is 5.11 Å². The third kappa shape index (κ3) is 2.86. The molecule has 0 radical (unpaired) electrons. The number of hydrogen-bond acceptors (Lipinski definition) is 3. The highest BCUT2D eigenvalue weighted by Crippen LogP contribution is 2.28. The van der Waals surface area contributed by atoms with Gasteiger partial charge in [0.2, 0.25) is 0 Å². The first-order valence-corrected chi connectivity index (χ1v) is 7.50. The number of carbonyl (C=O) groups is 1. The van der Waals surface area contributed by atoms with Crippen LogP contribution < -0.4 is 5.32 Å². The maximum absolute atomic E-state index is 10.9. The van der Waals surface area contributed by atoms with Crippen LogP contribution in [0.2, 0.25) is 0 Å². The van der Waals surface area contributed by atoms with Crippen molar-refractivity contribution >= 4 is 5.97 Å². The van der Waals surface area contributed by atoms with Gasteiger partial charge >= 0.3 is 5.97 Å². The molecule has 1 aromatic rings. The first-order chi connectivity index (χ1) is 9.74. The Hall–Kier alpha value is -1.39. The summed E-state index contributed by atoms with van der Waals surface area (Å²) in [6.07, 6.45) is 3.94. The van der Waals surface area contributed by atoms with E-state index in [-0.39, 0.29) is 6.42 Å². The number of aliphatic carboxylic acids is 1. The Labute approximate surface area is 119 Å². The minimum atomic E-state index is -0.764. The van der Waals surface area contributed by atoms with Crippen molar-refractivity contribution in [2.45, 2.75) is 44.3 Å². The summed E-state index contributed by atoms with van der Waals surface area (Å²) in [4.78, 5) is 13.5. The van der Waals surface area contributed by atoms with Crippen molar-refractivity contribution in [3.8, 4) is 0 Å². The highest BCUT2D eigenvalue weighted by Gasteiger charge is 2.36. The standard InChI is InChI=1S/C16H22N2O2/c19-16(20)10-12-4-1-2-5-13(12)11-17-14-7-9-18-8-3-6-15(14)18/h1-2,4-5,14-15,17H,3,6-11H2,(H,19,20). The number of benzene rings is 1. The normalized spacial score (nSPS) is 25.8. The van der Waals surface area contributed by atoms with Crippen LogP contribution >= 0.6 is 0 Å². The molecule has 2 heterocycles. The van der Waals surface area contributed by atoms with Gasteiger partial charge in [-0.3, -0.25) is 9.69 Å². The zero-order valence-corrected chi connectivity index (χ0v) is 11.7. The Morgan fingerprint density at radius 2 is 2.05 bits per heavy atom. The van der Waals surface area contributed by atoms with Crippen molar-refractivity contribution in [1.29, 1.82) is 0 Å². The maximum atomic E-state index is 10.9. The molecule has 0 aromatic heterocycles. The molecule has 2 unspecified atom stereocenters. The third-order valence-corrected chi connectivity index (χ3v) is 4.62. The Kier molecular flexibility index (Phi) is 4.03. The van der Waals surface area contributed by atoms with E-state index in [2.05, 4.69) is 10.2 Å². The molecule has 0 saturated carbocycles.